The molecule has 0 aromatic heterocycles. The molecule has 478 valence electrons. The molecule has 1 atom stereocenters. The Bertz CT molecular complexity index is 1460. The van der Waals surface area contributed by atoms with Crippen molar-refractivity contribution in [2.75, 3.05) is 13.2 Å². The minimum atomic E-state index is -0.777. The Kier molecular flexibility index (Phi) is 68.1. The average Bonchev–Trinajstić information content (AvgIpc) is 3.48. The van der Waals surface area contributed by atoms with Crippen LogP contribution in [0.3, 0.4) is 0 Å². The number of carbonyl (C=O) groups is 3. The lowest BCUT2D eigenvalue weighted by molar-refractivity contribution is -0.167. The fourth-order valence-electron chi connectivity index (χ4n) is 10.7. The average molecular weight is 1150 g/mol. The van der Waals surface area contributed by atoms with Gasteiger partial charge in [-0.3, -0.25) is 14.4 Å². The Morgan fingerprint density at radius 3 is 0.744 bits per heavy atom. The van der Waals surface area contributed by atoms with Crippen molar-refractivity contribution >= 4 is 17.9 Å². The third-order valence-corrected chi connectivity index (χ3v) is 16.2. The van der Waals surface area contributed by atoms with Crippen molar-refractivity contribution < 1.29 is 28.6 Å². The predicted octanol–water partition coefficient (Wildman–Crippen LogP) is 25.1. The molecule has 6 nitrogen and oxygen atoms in total. The van der Waals surface area contributed by atoms with Crippen LogP contribution in [0.25, 0.3) is 0 Å². The standard InChI is InChI=1S/C76H138O6/c1-4-7-10-13-16-19-22-24-26-28-30-32-34-36-37-38-39-41-42-44-46-48-50-52-54-57-60-63-66-69-75(78)81-72-73(71-80-74(77)68-65-62-59-56-21-18-15-12-9-6-3)82-76(79)70-67-64-61-58-55-53-51-49-47-45-43-40-35-33-31-29-27-25-23-20-17-14-11-8-5-2/h12,15,22,24,28-31,34,36,73H,4-11,13-14,16-21,23,25-27,32-33,35,37-72H2,1-3H3/b15-12-,24-22-,30-28-,31-29-,36-34-. The molecule has 0 aliphatic carbocycles. The lowest BCUT2D eigenvalue weighted by atomic mass is 10.0. The van der Waals surface area contributed by atoms with Crippen LogP contribution in [-0.4, -0.2) is 37.2 Å². The van der Waals surface area contributed by atoms with Gasteiger partial charge < -0.3 is 14.2 Å². The maximum Gasteiger partial charge on any atom is 0.306 e. The van der Waals surface area contributed by atoms with Crippen LogP contribution < -0.4 is 0 Å². The van der Waals surface area contributed by atoms with E-state index in [1.54, 1.807) is 0 Å². The lowest BCUT2D eigenvalue weighted by Gasteiger charge is -2.18. The Morgan fingerprint density at radius 1 is 0.244 bits per heavy atom. The van der Waals surface area contributed by atoms with E-state index in [1.807, 2.05) is 0 Å². The van der Waals surface area contributed by atoms with Crippen molar-refractivity contribution in [3.05, 3.63) is 60.8 Å². The van der Waals surface area contributed by atoms with Gasteiger partial charge in [-0.05, 0) is 103 Å². The highest BCUT2D eigenvalue weighted by atomic mass is 16.6. The first-order valence-electron chi connectivity index (χ1n) is 36.3. The Morgan fingerprint density at radius 2 is 0.463 bits per heavy atom. The summed E-state index contributed by atoms with van der Waals surface area (Å²) in [7, 11) is 0. The zero-order valence-corrected chi connectivity index (χ0v) is 55.0. The summed E-state index contributed by atoms with van der Waals surface area (Å²) in [5.74, 6) is -0.864. The highest BCUT2D eigenvalue weighted by Gasteiger charge is 2.19. The van der Waals surface area contributed by atoms with Gasteiger partial charge in [-0.1, -0.05) is 326 Å². The van der Waals surface area contributed by atoms with Crippen LogP contribution in [0.4, 0.5) is 0 Å². The lowest BCUT2D eigenvalue weighted by Crippen LogP contribution is -2.30. The number of ether oxygens (including phenoxy) is 3. The van der Waals surface area contributed by atoms with E-state index in [1.165, 1.54) is 263 Å². The van der Waals surface area contributed by atoms with E-state index in [-0.39, 0.29) is 31.1 Å². The van der Waals surface area contributed by atoms with E-state index in [4.69, 9.17) is 14.2 Å². The molecule has 0 saturated carbocycles. The van der Waals surface area contributed by atoms with Crippen LogP contribution in [0.2, 0.25) is 0 Å². The number of hydrogen-bond acceptors (Lipinski definition) is 6. The summed E-state index contributed by atoms with van der Waals surface area (Å²) < 4.78 is 17.0. The molecule has 0 bridgehead atoms. The second kappa shape index (κ2) is 70.6. The molecule has 6 heteroatoms. The number of allylic oxidation sites excluding steroid dienone is 10. The van der Waals surface area contributed by atoms with Gasteiger partial charge >= 0.3 is 17.9 Å². The summed E-state index contributed by atoms with van der Waals surface area (Å²) >= 11 is 0. The van der Waals surface area contributed by atoms with E-state index >= 15 is 0 Å². The topological polar surface area (TPSA) is 78.9 Å². The predicted molar refractivity (Wildman–Crippen MR) is 358 cm³/mol. The maximum atomic E-state index is 12.9. The molecule has 0 aliphatic heterocycles. The van der Waals surface area contributed by atoms with E-state index in [0.717, 1.165) is 83.5 Å². The Labute approximate surface area is 510 Å². The first-order chi connectivity index (χ1) is 40.5. The number of unbranched alkanes of at least 4 members (excludes halogenated alkanes) is 46. The van der Waals surface area contributed by atoms with Crippen LogP contribution in [-0.2, 0) is 28.6 Å². The fraction of sp³-hybridized carbons (Fsp3) is 0.829. The van der Waals surface area contributed by atoms with Crippen molar-refractivity contribution in [2.45, 2.75) is 393 Å². The molecule has 0 amide bonds. The van der Waals surface area contributed by atoms with Crippen LogP contribution in [0, 0.1) is 0 Å². The van der Waals surface area contributed by atoms with E-state index in [2.05, 4.69) is 81.5 Å². The fourth-order valence-corrected chi connectivity index (χ4v) is 10.7. The molecule has 0 aromatic carbocycles. The summed E-state index contributed by atoms with van der Waals surface area (Å²) in [6.45, 7) is 6.62. The van der Waals surface area contributed by atoms with Crippen LogP contribution in [0.1, 0.15) is 387 Å². The SMILES string of the molecule is CCC/C=C\CCCCCCCC(=O)OCC(COC(=O)CCCCCCCCCCCCCCCC/C=C\C/C=C\C/C=C\CCCCCCC)OC(=O)CCCCCCCCCCCCCCC/C=C\CCCCCCCCCC. The minimum absolute atomic E-state index is 0.0739. The molecule has 82 heavy (non-hydrogen) atoms. The number of carbonyl (C=O) groups excluding carboxylic acids is 3. The van der Waals surface area contributed by atoms with Crippen molar-refractivity contribution in [3.63, 3.8) is 0 Å². The molecule has 0 fully saturated rings. The van der Waals surface area contributed by atoms with E-state index in [0.29, 0.717) is 19.3 Å². The van der Waals surface area contributed by atoms with Gasteiger partial charge in [0.1, 0.15) is 13.2 Å². The van der Waals surface area contributed by atoms with Crippen molar-refractivity contribution in [1.82, 2.24) is 0 Å². The van der Waals surface area contributed by atoms with Crippen LogP contribution >= 0.6 is 0 Å². The Hall–Kier alpha value is -2.89. The van der Waals surface area contributed by atoms with E-state index < -0.39 is 6.10 Å². The van der Waals surface area contributed by atoms with Gasteiger partial charge in [-0.15, -0.1) is 0 Å². The van der Waals surface area contributed by atoms with Gasteiger partial charge in [0.25, 0.3) is 0 Å². The third-order valence-electron chi connectivity index (χ3n) is 16.2. The van der Waals surface area contributed by atoms with Gasteiger partial charge in [0.2, 0.25) is 0 Å². The highest BCUT2D eigenvalue weighted by molar-refractivity contribution is 5.71. The zero-order chi connectivity index (χ0) is 59.2. The van der Waals surface area contributed by atoms with Crippen molar-refractivity contribution in [1.29, 1.82) is 0 Å². The van der Waals surface area contributed by atoms with Gasteiger partial charge in [0.05, 0.1) is 0 Å². The number of rotatable bonds is 67. The summed E-state index contributed by atoms with van der Waals surface area (Å²) in [5, 5.41) is 0. The molecular formula is C76H138O6. The quantitative estimate of drug-likeness (QED) is 0.0261. The molecule has 0 aromatic rings. The molecule has 0 saturated heterocycles. The molecule has 0 radical (unpaired) electrons. The summed E-state index contributed by atoms with van der Waals surface area (Å²) in [6, 6.07) is 0. The summed E-state index contributed by atoms with van der Waals surface area (Å²) in [6.07, 6.45) is 91.3. The number of hydrogen-bond donors (Lipinski definition) is 0. The largest absolute Gasteiger partial charge is 0.462 e. The third kappa shape index (κ3) is 67.9. The molecule has 0 spiro atoms. The monoisotopic (exact) mass is 1150 g/mol. The van der Waals surface area contributed by atoms with Gasteiger partial charge in [-0.2, -0.15) is 0 Å². The van der Waals surface area contributed by atoms with Crippen LogP contribution in [0.15, 0.2) is 60.8 Å². The van der Waals surface area contributed by atoms with Gasteiger partial charge in [0.15, 0.2) is 6.10 Å². The van der Waals surface area contributed by atoms with Gasteiger partial charge in [-0.25, -0.2) is 0 Å². The highest BCUT2D eigenvalue weighted by Crippen LogP contribution is 2.18. The van der Waals surface area contributed by atoms with Gasteiger partial charge in [0, 0.05) is 19.3 Å². The second-order valence-electron chi connectivity index (χ2n) is 24.5. The molecule has 0 N–H and O–H groups in total. The zero-order valence-electron chi connectivity index (χ0n) is 55.0. The molecule has 0 rings (SSSR count). The summed E-state index contributed by atoms with van der Waals surface area (Å²) in [4.78, 5) is 38.4. The van der Waals surface area contributed by atoms with E-state index in [9.17, 15) is 14.4 Å². The normalized spacial score (nSPS) is 12.4. The molecular weight excluding hydrogens is 1010 g/mol. The van der Waals surface area contributed by atoms with Crippen LogP contribution in [0.5, 0.6) is 0 Å². The maximum absolute atomic E-state index is 12.9. The molecule has 1 unspecified atom stereocenters. The molecule has 0 aliphatic rings. The summed E-state index contributed by atoms with van der Waals surface area (Å²) in [5.41, 5.74) is 0. The van der Waals surface area contributed by atoms with Crippen molar-refractivity contribution in [3.8, 4) is 0 Å². The first kappa shape index (κ1) is 79.1. The Balaban J connectivity index is 4.14. The first-order valence-corrected chi connectivity index (χ1v) is 36.3. The molecule has 0 heterocycles. The number of esters is 3. The van der Waals surface area contributed by atoms with Crippen molar-refractivity contribution in [2.24, 2.45) is 0 Å². The minimum Gasteiger partial charge on any atom is -0.462 e. The second-order valence-corrected chi connectivity index (χ2v) is 24.5. The smallest absolute Gasteiger partial charge is 0.306 e.